The number of piperidine rings is 1. The molecule has 2 aromatic rings. The summed E-state index contributed by atoms with van der Waals surface area (Å²) in [7, 11) is 2.16. The highest BCUT2D eigenvalue weighted by Crippen LogP contribution is 2.32. The van der Waals surface area contributed by atoms with Gasteiger partial charge in [0.15, 0.2) is 0 Å². The molecule has 152 valence electrons. The minimum absolute atomic E-state index is 0.204. The molecule has 2 N–H and O–H groups in total. The summed E-state index contributed by atoms with van der Waals surface area (Å²) >= 11 is 0. The number of benzene rings is 2. The van der Waals surface area contributed by atoms with E-state index in [0.29, 0.717) is 23.7 Å². The third-order valence-corrected chi connectivity index (χ3v) is 5.44. The van der Waals surface area contributed by atoms with Gasteiger partial charge in [-0.3, -0.25) is 4.79 Å². The summed E-state index contributed by atoms with van der Waals surface area (Å²) in [6.45, 7) is 3.52. The average molecular weight is 395 g/mol. The van der Waals surface area contributed by atoms with Crippen LogP contribution in [0.2, 0.25) is 0 Å². The molecule has 1 unspecified atom stereocenters. The van der Waals surface area contributed by atoms with Crippen LogP contribution in [0.4, 0.5) is 15.8 Å². The van der Waals surface area contributed by atoms with Crippen molar-refractivity contribution >= 4 is 22.9 Å². The van der Waals surface area contributed by atoms with E-state index in [4.69, 9.17) is 4.74 Å². The van der Waals surface area contributed by atoms with Crippen LogP contribution < -0.4 is 15.4 Å². The lowest BCUT2D eigenvalue weighted by Crippen LogP contribution is -2.34. The molecule has 2 aliphatic heterocycles. The highest BCUT2D eigenvalue weighted by Gasteiger charge is 2.23. The molecular weight excluding hydrogens is 369 g/mol. The van der Waals surface area contributed by atoms with Gasteiger partial charge in [-0.2, -0.15) is 0 Å². The Bertz CT molecular complexity index is 911. The smallest absolute Gasteiger partial charge is 0.256 e. The summed E-state index contributed by atoms with van der Waals surface area (Å²) in [5.74, 6) is 0.895. The van der Waals surface area contributed by atoms with E-state index in [1.54, 1.807) is 6.07 Å². The quantitative estimate of drug-likeness (QED) is 0.726. The molecule has 0 bridgehead atoms. The molecule has 0 aromatic heterocycles. The van der Waals surface area contributed by atoms with Gasteiger partial charge in [-0.15, -0.1) is 0 Å². The standard InChI is InChI=1S/C23H26FN3O2/c1-27-12-2-3-16(14-27)15-29-19-7-5-18(6-8-19)25-11-10-21-20-9-4-17(24)13-22(20)26-23(21)28/h4-10,13,16,25H,2-3,11-12,14-15H2,1H3,(H,26,28)/b21-10-. The van der Waals surface area contributed by atoms with Crippen molar-refractivity contribution in [2.75, 3.05) is 43.9 Å². The maximum absolute atomic E-state index is 13.3. The average Bonchev–Trinajstić information content (AvgIpc) is 3.02. The Morgan fingerprint density at radius 3 is 2.90 bits per heavy atom. The van der Waals surface area contributed by atoms with Gasteiger partial charge in [-0.05, 0) is 68.9 Å². The van der Waals surface area contributed by atoms with E-state index >= 15 is 0 Å². The minimum atomic E-state index is -0.360. The molecule has 0 aliphatic carbocycles. The second kappa shape index (κ2) is 8.66. The molecule has 5 nitrogen and oxygen atoms in total. The van der Waals surface area contributed by atoms with Crippen molar-refractivity contribution < 1.29 is 13.9 Å². The van der Waals surface area contributed by atoms with E-state index in [-0.39, 0.29) is 11.7 Å². The first-order valence-corrected chi connectivity index (χ1v) is 10.1. The number of hydrogen-bond acceptors (Lipinski definition) is 4. The first-order chi connectivity index (χ1) is 14.1. The van der Waals surface area contributed by atoms with Gasteiger partial charge in [0.25, 0.3) is 5.91 Å². The minimum Gasteiger partial charge on any atom is -0.493 e. The van der Waals surface area contributed by atoms with E-state index in [1.807, 2.05) is 30.3 Å². The van der Waals surface area contributed by atoms with Crippen LogP contribution in [0.5, 0.6) is 5.75 Å². The van der Waals surface area contributed by atoms with Crippen LogP contribution in [0.3, 0.4) is 0 Å². The van der Waals surface area contributed by atoms with Crippen molar-refractivity contribution in [3.05, 3.63) is 59.9 Å². The zero-order chi connectivity index (χ0) is 20.2. The fraction of sp³-hybridized carbons (Fsp3) is 0.348. The zero-order valence-corrected chi connectivity index (χ0v) is 16.6. The third-order valence-electron chi connectivity index (χ3n) is 5.44. The Morgan fingerprint density at radius 1 is 1.28 bits per heavy atom. The molecule has 2 aromatic carbocycles. The monoisotopic (exact) mass is 395 g/mol. The number of fused-ring (bicyclic) bond motifs is 1. The van der Waals surface area contributed by atoms with Crippen molar-refractivity contribution in [1.29, 1.82) is 0 Å². The molecule has 2 heterocycles. The molecule has 1 saturated heterocycles. The molecule has 2 aliphatic rings. The van der Waals surface area contributed by atoms with Gasteiger partial charge < -0.3 is 20.3 Å². The lowest BCUT2D eigenvalue weighted by molar-refractivity contribution is -0.110. The Kier molecular flexibility index (Phi) is 5.81. The number of carbonyl (C=O) groups excluding carboxylic acids is 1. The molecule has 6 heteroatoms. The fourth-order valence-electron chi connectivity index (χ4n) is 3.93. The molecule has 0 radical (unpaired) electrons. The number of rotatable bonds is 6. The number of hydrogen-bond donors (Lipinski definition) is 2. The van der Waals surface area contributed by atoms with Crippen LogP contribution in [0, 0.1) is 11.7 Å². The van der Waals surface area contributed by atoms with E-state index < -0.39 is 0 Å². The summed E-state index contributed by atoms with van der Waals surface area (Å²) in [5.41, 5.74) is 2.76. The normalized spacial score (nSPS) is 20.4. The lowest BCUT2D eigenvalue weighted by atomic mass is 10.00. The van der Waals surface area contributed by atoms with Crippen LogP contribution in [0.1, 0.15) is 18.4 Å². The van der Waals surface area contributed by atoms with Gasteiger partial charge in [-0.1, -0.05) is 6.08 Å². The second-order valence-electron chi connectivity index (χ2n) is 7.75. The number of likely N-dealkylation sites (tertiary alicyclic amines) is 1. The molecule has 1 amide bonds. The summed E-state index contributed by atoms with van der Waals surface area (Å²) in [5, 5.41) is 5.97. The maximum atomic E-state index is 13.3. The van der Waals surface area contributed by atoms with E-state index in [9.17, 15) is 9.18 Å². The van der Waals surface area contributed by atoms with Crippen LogP contribution in [-0.4, -0.2) is 44.1 Å². The number of nitrogens with one attached hydrogen (secondary N) is 2. The fourth-order valence-corrected chi connectivity index (χ4v) is 3.93. The summed E-state index contributed by atoms with van der Waals surface area (Å²) in [4.78, 5) is 14.5. The number of amides is 1. The van der Waals surface area contributed by atoms with Gasteiger partial charge >= 0.3 is 0 Å². The molecule has 0 spiro atoms. The predicted molar refractivity (Wildman–Crippen MR) is 114 cm³/mol. The van der Waals surface area contributed by atoms with E-state index in [1.165, 1.54) is 31.5 Å². The molecule has 29 heavy (non-hydrogen) atoms. The number of nitrogens with zero attached hydrogens (tertiary/aromatic N) is 1. The van der Waals surface area contributed by atoms with Gasteiger partial charge in [0, 0.05) is 35.8 Å². The Balaban J connectivity index is 1.30. The van der Waals surface area contributed by atoms with Crippen LogP contribution in [0.15, 0.2) is 48.5 Å². The zero-order valence-electron chi connectivity index (χ0n) is 16.6. The predicted octanol–water partition coefficient (Wildman–Crippen LogP) is 3.99. The van der Waals surface area contributed by atoms with Crippen molar-refractivity contribution in [1.82, 2.24) is 4.90 Å². The van der Waals surface area contributed by atoms with Crippen molar-refractivity contribution in [3.8, 4) is 5.75 Å². The van der Waals surface area contributed by atoms with E-state index in [0.717, 1.165) is 30.2 Å². The number of ether oxygens (including phenoxy) is 1. The maximum Gasteiger partial charge on any atom is 0.256 e. The van der Waals surface area contributed by atoms with Crippen LogP contribution in [0.25, 0.3) is 5.57 Å². The van der Waals surface area contributed by atoms with Crippen molar-refractivity contribution in [3.63, 3.8) is 0 Å². The van der Waals surface area contributed by atoms with Gasteiger partial charge in [0.2, 0.25) is 0 Å². The Labute approximate surface area is 170 Å². The first-order valence-electron chi connectivity index (χ1n) is 10.1. The van der Waals surface area contributed by atoms with Gasteiger partial charge in [-0.25, -0.2) is 4.39 Å². The van der Waals surface area contributed by atoms with E-state index in [2.05, 4.69) is 22.6 Å². The summed E-state index contributed by atoms with van der Waals surface area (Å²) in [6, 6.07) is 12.2. The SMILES string of the molecule is CN1CCCC(COc2ccc(NC/C=C3\C(=O)Nc4cc(F)ccc43)cc2)C1. The van der Waals surface area contributed by atoms with Gasteiger partial charge in [0.1, 0.15) is 11.6 Å². The highest BCUT2D eigenvalue weighted by atomic mass is 19.1. The van der Waals surface area contributed by atoms with Crippen LogP contribution in [-0.2, 0) is 4.79 Å². The van der Waals surface area contributed by atoms with Crippen LogP contribution >= 0.6 is 0 Å². The topological polar surface area (TPSA) is 53.6 Å². The lowest BCUT2D eigenvalue weighted by Gasteiger charge is -2.29. The first kappa shape index (κ1) is 19.5. The summed E-state index contributed by atoms with van der Waals surface area (Å²) in [6.07, 6.45) is 4.28. The largest absolute Gasteiger partial charge is 0.493 e. The summed E-state index contributed by atoms with van der Waals surface area (Å²) < 4.78 is 19.3. The molecule has 1 fully saturated rings. The molecule has 1 atom stereocenters. The second-order valence-corrected chi connectivity index (χ2v) is 7.75. The third kappa shape index (κ3) is 4.77. The number of carbonyl (C=O) groups is 1. The highest BCUT2D eigenvalue weighted by molar-refractivity contribution is 6.31. The molecule has 4 rings (SSSR count). The van der Waals surface area contributed by atoms with Crippen molar-refractivity contribution in [2.24, 2.45) is 5.92 Å². The Morgan fingerprint density at radius 2 is 2.10 bits per heavy atom. The number of anilines is 2. The Hall–Kier alpha value is -2.86. The molecular formula is C23H26FN3O2. The van der Waals surface area contributed by atoms with Crippen molar-refractivity contribution in [2.45, 2.75) is 12.8 Å². The molecule has 0 saturated carbocycles. The number of halogens is 1. The van der Waals surface area contributed by atoms with Gasteiger partial charge in [0.05, 0.1) is 12.3 Å².